The van der Waals surface area contributed by atoms with Gasteiger partial charge in [0.05, 0.1) is 0 Å². The molecule has 0 aliphatic carbocycles. The van der Waals surface area contributed by atoms with E-state index in [0.717, 1.165) is 18.5 Å². The molecule has 0 atom stereocenters. The van der Waals surface area contributed by atoms with Crippen molar-refractivity contribution in [2.45, 2.75) is 53.0 Å². The number of nitrogens with zero attached hydrogens (tertiary/aromatic N) is 2. The Balaban J connectivity index is 2.34. The number of unbranched alkanes of at least 4 members (excludes halogenated alkanes) is 1. The number of H-pyrrole nitrogens is 1. The number of nitrogen functional groups attached to an aromatic ring is 1. The molecule has 0 radical (unpaired) electrons. The predicted octanol–water partition coefficient (Wildman–Crippen LogP) is 3.27. The molecule has 4 N–H and O–H groups in total. The van der Waals surface area contributed by atoms with E-state index in [4.69, 9.17) is 18.0 Å². The second-order valence-electron chi connectivity index (χ2n) is 6.95. The fourth-order valence-electron chi connectivity index (χ4n) is 2.92. The summed E-state index contributed by atoms with van der Waals surface area (Å²) in [6, 6.07) is 7.98. The van der Waals surface area contributed by atoms with Crippen LogP contribution in [0.5, 0.6) is 0 Å². The predicted molar refractivity (Wildman–Crippen MR) is 120 cm³/mol. The largest absolute Gasteiger partial charge is 0.383 e. The Bertz CT molecular complexity index is 931. The molecule has 0 spiro atoms. The van der Waals surface area contributed by atoms with Crippen LogP contribution < -0.4 is 27.2 Å². The minimum absolute atomic E-state index is 0.128. The summed E-state index contributed by atoms with van der Waals surface area (Å²) in [5.41, 5.74) is 7.39. The summed E-state index contributed by atoms with van der Waals surface area (Å²) in [4.78, 5) is 28.6. The van der Waals surface area contributed by atoms with Crippen LogP contribution in [0.15, 0.2) is 33.9 Å². The minimum atomic E-state index is -0.545. The number of thiocarbonyl (C=S) groups is 1. The Kier molecular flexibility index (Phi) is 7.39. The summed E-state index contributed by atoms with van der Waals surface area (Å²) < 4.78 is 1.39. The lowest BCUT2D eigenvalue weighted by Gasteiger charge is -2.26. The zero-order chi connectivity index (χ0) is 20.8. The molecule has 8 heteroatoms. The number of aromatic amines is 1. The lowest BCUT2D eigenvalue weighted by atomic mass is 10.0. The molecule has 0 unspecified atom stereocenters. The van der Waals surface area contributed by atoms with Crippen molar-refractivity contribution in [3.05, 3.63) is 50.7 Å². The van der Waals surface area contributed by atoms with Crippen LogP contribution in [-0.4, -0.2) is 21.2 Å². The molecule has 1 heterocycles. The van der Waals surface area contributed by atoms with Crippen molar-refractivity contribution in [1.29, 1.82) is 0 Å². The number of nitrogens with two attached hydrogens (primary N) is 1. The van der Waals surface area contributed by atoms with E-state index < -0.39 is 11.2 Å². The highest BCUT2D eigenvalue weighted by Crippen LogP contribution is 2.20. The number of rotatable bonds is 7. The summed E-state index contributed by atoms with van der Waals surface area (Å²) in [5, 5.41) is 3.50. The van der Waals surface area contributed by atoms with Crippen molar-refractivity contribution in [2.75, 3.05) is 22.5 Å². The van der Waals surface area contributed by atoms with E-state index in [0.29, 0.717) is 24.1 Å². The molecule has 2 rings (SSSR count). The highest BCUT2D eigenvalue weighted by Gasteiger charge is 2.21. The molecule has 0 saturated carbocycles. The molecule has 0 saturated heterocycles. The van der Waals surface area contributed by atoms with Gasteiger partial charge in [0, 0.05) is 18.8 Å². The molecule has 0 amide bonds. The first-order valence-corrected chi connectivity index (χ1v) is 10.0. The third kappa shape index (κ3) is 4.81. The molecule has 1 aromatic carbocycles. The van der Waals surface area contributed by atoms with E-state index in [1.165, 1.54) is 10.1 Å². The van der Waals surface area contributed by atoms with Gasteiger partial charge in [-0.15, -0.1) is 0 Å². The van der Waals surface area contributed by atoms with Gasteiger partial charge in [0.15, 0.2) is 10.8 Å². The molecule has 0 aliphatic rings. The number of hydrogen-bond donors (Lipinski definition) is 3. The highest BCUT2D eigenvalue weighted by molar-refractivity contribution is 7.80. The number of hydrogen-bond acceptors (Lipinski definition) is 4. The highest BCUT2D eigenvalue weighted by atomic mass is 32.1. The summed E-state index contributed by atoms with van der Waals surface area (Å²) in [5.74, 6) is 0.569. The molecular formula is C20H29N5O2S. The monoisotopic (exact) mass is 403 g/mol. The average Bonchev–Trinajstić information content (AvgIpc) is 2.65. The van der Waals surface area contributed by atoms with E-state index >= 15 is 0 Å². The number of nitrogens with one attached hydrogen (secondary N) is 2. The van der Waals surface area contributed by atoms with Gasteiger partial charge in [-0.2, -0.15) is 0 Å². The second kappa shape index (κ2) is 9.54. The standard InChI is InChI=1S/C20H29N5O2S/c1-5-7-12-25-17(21)16(18(26)23-19(25)27)24(6-2)20(28)22-15-10-8-14(9-11-15)13(3)4/h8-11,13H,5-7,12,21H2,1-4H3,(H,22,28)(H,23,26,27). The van der Waals surface area contributed by atoms with Gasteiger partial charge in [-0.05, 0) is 49.2 Å². The van der Waals surface area contributed by atoms with Crippen LogP contribution in [0.4, 0.5) is 17.2 Å². The lowest BCUT2D eigenvalue weighted by Crippen LogP contribution is -2.42. The van der Waals surface area contributed by atoms with Gasteiger partial charge >= 0.3 is 5.69 Å². The topological polar surface area (TPSA) is 96.2 Å². The summed E-state index contributed by atoms with van der Waals surface area (Å²) in [6.07, 6.45) is 1.69. The molecule has 28 heavy (non-hydrogen) atoms. The summed E-state index contributed by atoms with van der Waals surface area (Å²) in [7, 11) is 0. The number of aromatic nitrogens is 2. The van der Waals surface area contributed by atoms with E-state index in [1.807, 2.05) is 38.1 Å². The van der Waals surface area contributed by atoms with Crippen molar-refractivity contribution in [2.24, 2.45) is 0 Å². The Morgan fingerprint density at radius 3 is 2.43 bits per heavy atom. The molecule has 2 aromatic rings. The molecular weight excluding hydrogens is 374 g/mol. The van der Waals surface area contributed by atoms with Gasteiger partial charge in [-0.1, -0.05) is 39.3 Å². The Morgan fingerprint density at radius 1 is 1.25 bits per heavy atom. The van der Waals surface area contributed by atoms with Crippen LogP contribution in [0.2, 0.25) is 0 Å². The van der Waals surface area contributed by atoms with Crippen molar-refractivity contribution in [3.8, 4) is 0 Å². The lowest BCUT2D eigenvalue weighted by molar-refractivity contribution is 0.604. The van der Waals surface area contributed by atoms with E-state index in [2.05, 4.69) is 24.1 Å². The molecule has 0 aliphatic heterocycles. The van der Waals surface area contributed by atoms with Crippen LogP contribution in [0.3, 0.4) is 0 Å². The SMILES string of the molecule is CCCCn1c(N)c(N(CC)C(=S)Nc2ccc(C(C)C)cc2)c(=O)[nH]c1=O. The summed E-state index contributed by atoms with van der Waals surface area (Å²) >= 11 is 5.52. The van der Waals surface area contributed by atoms with Gasteiger partial charge < -0.3 is 16.0 Å². The van der Waals surface area contributed by atoms with Crippen LogP contribution in [-0.2, 0) is 6.54 Å². The van der Waals surface area contributed by atoms with Crippen molar-refractivity contribution in [1.82, 2.24) is 9.55 Å². The van der Waals surface area contributed by atoms with Gasteiger partial charge in [-0.25, -0.2) is 4.79 Å². The van der Waals surface area contributed by atoms with Crippen LogP contribution in [0.1, 0.15) is 52.0 Å². The van der Waals surface area contributed by atoms with Gasteiger partial charge in [-0.3, -0.25) is 14.3 Å². The third-order valence-corrected chi connectivity index (χ3v) is 4.93. The van der Waals surface area contributed by atoms with E-state index in [9.17, 15) is 9.59 Å². The Morgan fingerprint density at radius 2 is 1.89 bits per heavy atom. The van der Waals surface area contributed by atoms with Crippen molar-refractivity contribution in [3.63, 3.8) is 0 Å². The number of benzene rings is 1. The van der Waals surface area contributed by atoms with E-state index in [1.54, 1.807) is 4.90 Å². The minimum Gasteiger partial charge on any atom is -0.383 e. The maximum absolute atomic E-state index is 12.5. The molecule has 152 valence electrons. The molecule has 1 aromatic heterocycles. The van der Waals surface area contributed by atoms with Crippen LogP contribution in [0.25, 0.3) is 0 Å². The first-order chi connectivity index (χ1) is 13.3. The summed E-state index contributed by atoms with van der Waals surface area (Å²) in [6.45, 7) is 9.03. The quantitative estimate of drug-likeness (QED) is 0.614. The Hall–Kier alpha value is -2.61. The third-order valence-electron chi connectivity index (χ3n) is 4.61. The van der Waals surface area contributed by atoms with E-state index in [-0.39, 0.29) is 11.5 Å². The van der Waals surface area contributed by atoms with Crippen LogP contribution in [0, 0.1) is 0 Å². The van der Waals surface area contributed by atoms with Crippen molar-refractivity contribution >= 4 is 34.5 Å². The van der Waals surface area contributed by atoms with Gasteiger partial charge in [0.25, 0.3) is 5.56 Å². The maximum Gasteiger partial charge on any atom is 0.330 e. The normalized spacial score (nSPS) is 10.9. The zero-order valence-electron chi connectivity index (χ0n) is 16.9. The van der Waals surface area contributed by atoms with Gasteiger partial charge in [0.1, 0.15) is 5.82 Å². The van der Waals surface area contributed by atoms with Crippen LogP contribution >= 0.6 is 12.2 Å². The van der Waals surface area contributed by atoms with Gasteiger partial charge in [0.2, 0.25) is 0 Å². The molecule has 0 fully saturated rings. The average molecular weight is 404 g/mol. The molecule has 7 nitrogen and oxygen atoms in total. The number of anilines is 3. The Labute approximate surface area is 170 Å². The first-order valence-electron chi connectivity index (χ1n) is 9.61. The second-order valence-corrected chi connectivity index (χ2v) is 7.34. The first kappa shape index (κ1) is 21.7. The zero-order valence-corrected chi connectivity index (χ0v) is 17.7. The maximum atomic E-state index is 12.5. The fraction of sp³-hybridized carbons (Fsp3) is 0.450. The van der Waals surface area contributed by atoms with Crippen molar-refractivity contribution < 1.29 is 0 Å². The molecule has 0 bridgehead atoms. The fourth-order valence-corrected chi connectivity index (χ4v) is 3.26. The smallest absolute Gasteiger partial charge is 0.330 e.